The van der Waals surface area contributed by atoms with Gasteiger partial charge in [0.05, 0.1) is 19.3 Å². The Labute approximate surface area is 183 Å². The van der Waals surface area contributed by atoms with E-state index in [1.165, 1.54) is 0 Å². The maximum atomic E-state index is 5.92. The van der Waals surface area contributed by atoms with E-state index in [9.17, 15) is 0 Å². The quantitative estimate of drug-likeness (QED) is 0.288. The SMILES string of the molecule is C=CCOc1ccccc1CNC(=NC)N1CCOC(c2cnn(C)c2)C1.I. The van der Waals surface area contributed by atoms with Crippen molar-refractivity contribution in [1.82, 2.24) is 20.0 Å². The van der Waals surface area contributed by atoms with Crippen molar-refractivity contribution in [1.29, 1.82) is 0 Å². The number of aliphatic imine (C=N–C) groups is 1. The molecule has 1 aromatic carbocycles. The number of guanidine groups is 1. The normalized spacial score (nSPS) is 17.0. The van der Waals surface area contributed by atoms with Gasteiger partial charge in [-0.3, -0.25) is 9.67 Å². The highest BCUT2D eigenvalue weighted by Crippen LogP contribution is 2.22. The maximum absolute atomic E-state index is 5.92. The fraction of sp³-hybridized carbons (Fsp3) is 0.400. The van der Waals surface area contributed by atoms with Crippen LogP contribution in [0.3, 0.4) is 0 Å². The summed E-state index contributed by atoms with van der Waals surface area (Å²) in [4.78, 5) is 6.67. The first-order valence-corrected chi connectivity index (χ1v) is 9.08. The highest BCUT2D eigenvalue weighted by molar-refractivity contribution is 14.0. The van der Waals surface area contributed by atoms with Crippen LogP contribution in [-0.4, -0.2) is 54.0 Å². The predicted octanol–water partition coefficient (Wildman–Crippen LogP) is 2.75. The lowest BCUT2D eigenvalue weighted by Gasteiger charge is -2.34. The first kappa shape index (κ1) is 22.2. The Hall–Kier alpha value is -2.07. The van der Waals surface area contributed by atoms with Crippen LogP contribution < -0.4 is 10.1 Å². The maximum Gasteiger partial charge on any atom is 0.194 e. The van der Waals surface area contributed by atoms with Gasteiger partial charge in [0.25, 0.3) is 0 Å². The second kappa shape index (κ2) is 11.1. The van der Waals surface area contributed by atoms with Gasteiger partial charge < -0.3 is 19.7 Å². The monoisotopic (exact) mass is 497 g/mol. The molecule has 1 aliphatic heterocycles. The van der Waals surface area contributed by atoms with E-state index in [4.69, 9.17) is 9.47 Å². The lowest BCUT2D eigenvalue weighted by molar-refractivity contribution is -0.00805. The molecule has 0 radical (unpaired) electrons. The molecule has 1 atom stereocenters. The summed E-state index contributed by atoms with van der Waals surface area (Å²) >= 11 is 0. The van der Waals surface area contributed by atoms with E-state index >= 15 is 0 Å². The number of aromatic nitrogens is 2. The molecule has 2 heterocycles. The van der Waals surface area contributed by atoms with Crippen LogP contribution in [0, 0.1) is 0 Å². The molecule has 1 saturated heterocycles. The Bertz CT molecular complexity index is 792. The van der Waals surface area contributed by atoms with Crippen LogP contribution in [-0.2, 0) is 18.3 Å². The second-order valence-electron chi connectivity index (χ2n) is 6.36. The van der Waals surface area contributed by atoms with Crippen molar-refractivity contribution in [2.24, 2.45) is 12.0 Å². The van der Waals surface area contributed by atoms with Crippen LogP contribution in [0.2, 0.25) is 0 Å². The van der Waals surface area contributed by atoms with Gasteiger partial charge in [-0.25, -0.2) is 0 Å². The van der Waals surface area contributed by atoms with Crippen molar-refractivity contribution in [3.63, 3.8) is 0 Å². The van der Waals surface area contributed by atoms with Crippen LogP contribution in [0.15, 0.2) is 54.3 Å². The molecule has 0 aliphatic carbocycles. The number of hydrogen-bond acceptors (Lipinski definition) is 4. The molecule has 152 valence electrons. The Morgan fingerprint density at radius 3 is 3.00 bits per heavy atom. The molecular formula is C20H28IN5O2. The predicted molar refractivity (Wildman–Crippen MR) is 121 cm³/mol. The number of nitrogens with zero attached hydrogens (tertiary/aromatic N) is 4. The molecule has 8 heteroatoms. The molecule has 1 unspecified atom stereocenters. The third-order valence-electron chi connectivity index (χ3n) is 4.44. The first-order valence-electron chi connectivity index (χ1n) is 9.08. The molecular weight excluding hydrogens is 469 g/mol. The first-order chi connectivity index (χ1) is 13.2. The lowest BCUT2D eigenvalue weighted by atomic mass is 10.1. The van der Waals surface area contributed by atoms with E-state index < -0.39 is 0 Å². The molecule has 1 N–H and O–H groups in total. The smallest absolute Gasteiger partial charge is 0.194 e. The van der Waals surface area contributed by atoms with Gasteiger partial charge in [-0.05, 0) is 6.07 Å². The Balaban J connectivity index is 0.00000280. The van der Waals surface area contributed by atoms with Crippen LogP contribution in [0.5, 0.6) is 5.75 Å². The van der Waals surface area contributed by atoms with E-state index in [1.807, 2.05) is 37.6 Å². The van der Waals surface area contributed by atoms with E-state index in [0.717, 1.165) is 35.9 Å². The van der Waals surface area contributed by atoms with Gasteiger partial charge in [0, 0.05) is 44.5 Å². The highest BCUT2D eigenvalue weighted by atomic mass is 127. The van der Waals surface area contributed by atoms with Gasteiger partial charge in [-0.2, -0.15) is 5.10 Å². The summed E-state index contributed by atoms with van der Waals surface area (Å²) in [5, 5.41) is 7.69. The van der Waals surface area contributed by atoms with Crippen LogP contribution in [0.4, 0.5) is 0 Å². The van der Waals surface area contributed by atoms with E-state index in [1.54, 1.807) is 17.8 Å². The van der Waals surface area contributed by atoms with Crippen LogP contribution >= 0.6 is 24.0 Å². The average molecular weight is 497 g/mol. The average Bonchev–Trinajstić information content (AvgIpc) is 3.14. The molecule has 7 nitrogen and oxygen atoms in total. The fourth-order valence-electron chi connectivity index (χ4n) is 3.10. The number of rotatable bonds is 6. The molecule has 0 saturated carbocycles. The second-order valence-corrected chi connectivity index (χ2v) is 6.36. The van der Waals surface area contributed by atoms with Crippen molar-refractivity contribution in [3.05, 3.63) is 60.4 Å². The van der Waals surface area contributed by atoms with Crippen LogP contribution in [0.25, 0.3) is 0 Å². The standard InChI is InChI=1S/C20H27N5O2.HI/c1-4-10-26-18-8-6-5-7-16(18)12-22-20(21-2)25-9-11-27-19(15-25)17-13-23-24(3)14-17;/h4-8,13-14,19H,1,9-12,15H2,2-3H3,(H,21,22);1H. The molecule has 1 aromatic heterocycles. The summed E-state index contributed by atoms with van der Waals surface area (Å²) in [6.45, 7) is 7.01. The molecule has 1 fully saturated rings. The van der Waals surface area contributed by atoms with Crippen LogP contribution in [0.1, 0.15) is 17.2 Å². The summed E-state index contributed by atoms with van der Waals surface area (Å²) in [6.07, 6.45) is 5.60. The van der Waals surface area contributed by atoms with Crippen molar-refractivity contribution < 1.29 is 9.47 Å². The topological polar surface area (TPSA) is 63.9 Å². The van der Waals surface area contributed by atoms with Gasteiger partial charge in [-0.15, -0.1) is 24.0 Å². The van der Waals surface area contributed by atoms with Gasteiger partial charge in [0.15, 0.2) is 5.96 Å². The Morgan fingerprint density at radius 2 is 2.29 bits per heavy atom. The number of morpholine rings is 1. The zero-order valence-electron chi connectivity index (χ0n) is 16.4. The fourth-order valence-corrected chi connectivity index (χ4v) is 3.10. The third kappa shape index (κ3) is 5.71. The van der Waals surface area contributed by atoms with Gasteiger partial charge in [0.2, 0.25) is 0 Å². The molecule has 28 heavy (non-hydrogen) atoms. The minimum absolute atomic E-state index is 0. The molecule has 2 aromatic rings. The zero-order valence-corrected chi connectivity index (χ0v) is 18.7. The number of halogens is 1. The largest absolute Gasteiger partial charge is 0.489 e. The molecule has 0 amide bonds. The number of benzene rings is 1. The summed E-state index contributed by atoms with van der Waals surface area (Å²) in [5.41, 5.74) is 2.17. The zero-order chi connectivity index (χ0) is 19.1. The lowest BCUT2D eigenvalue weighted by Crippen LogP contribution is -2.47. The van der Waals surface area contributed by atoms with Gasteiger partial charge >= 0.3 is 0 Å². The minimum atomic E-state index is -0.00536. The number of nitrogens with one attached hydrogen (secondary N) is 1. The van der Waals surface area contributed by atoms with Crippen molar-refractivity contribution in [2.75, 3.05) is 33.4 Å². The Kier molecular flexibility index (Phi) is 8.78. The summed E-state index contributed by atoms with van der Waals surface area (Å²) in [6, 6.07) is 8.00. The summed E-state index contributed by atoms with van der Waals surface area (Å²) in [7, 11) is 3.72. The molecule has 0 bridgehead atoms. The van der Waals surface area contributed by atoms with Gasteiger partial charge in [-0.1, -0.05) is 30.9 Å². The summed E-state index contributed by atoms with van der Waals surface area (Å²) in [5.74, 6) is 1.71. The number of para-hydroxylation sites is 1. The van der Waals surface area contributed by atoms with E-state index in [2.05, 4.69) is 33.0 Å². The third-order valence-corrected chi connectivity index (χ3v) is 4.44. The number of aryl methyl sites for hydroxylation is 1. The molecule has 1 aliphatic rings. The van der Waals surface area contributed by atoms with Crippen molar-refractivity contribution in [3.8, 4) is 5.75 Å². The number of hydrogen-bond donors (Lipinski definition) is 1. The van der Waals surface area contributed by atoms with E-state index in [0.29, 0.717) is 19.8 Å². The van der Waals surface area contributed by atoms with Crippen molar-refractivity contribution in [2.45, 2.75) is 12.6 Å². The molecule has 0 spiro atoms. The van der Waals surface area contributed by atoms with Crippen molar-refractivity contribution >= 4 is 29.9 Å². The molecule has 3 rings (SSSR count). The van der Waals surface area contributed by atoms with E-state index in [-0.39, 0.29) is 30.1 Å². The highest BCUT2D eigenvalue weighted by Gasteiger charge is 2.25. The Morgan fingerprint density at radius 1 is 1.46 bits per heavy atom. The van der Waals surface area contributed by atoms with Gasteiger partial charge in [0.1, 0.15) is 18.5 Å². The minimum Gasteiger partial charge on any atom is -0.489 e. The summed E-state index contributed by atoms with van der Waals surface area (Å²) < 4.78 is 13.5. The number of ether oxygens (including phenoxy) is 2.